The zero-order valence-electron chi connectivity index (χ0n) is 66.9. The Balaban J connectivity index is 0.000000111. The third-order valence-corrected chi connectivity index (χ3v) is 24.2. The molecule has 0 fully saturated rings. The quantitative estimate of drug-likeness (QED) is 0.0429. The minimum Gasteiger partial charge on any atom is -0.349 e. The molecule has 10 N–H and O–H groups in total. The molecule has 126 heavy (non-hydrogen) atoms. The molecule has 0 saturated heterocycles. The maximum Gasteiger partial charge on any atom is 0.200 e. The number of rotatable bonds is 11. The van der Waals surface area contributed by atoms with Crippen LogP contribution in [0.1, 0.15) is 119 Å². The summed E-state index contributed by atoms with van der Waals surface area (Å²) < 4.78 is 0. The standard InChI is InChI=1S/C23H16N4.C20H13N5.C20H16N4S.C19H12Cl2N4.C19H13ClN4/c1-24-22-20(18-13-7-11-15-8-5-6-12-17(15)18)19-14-25-27-23(19)26-21(22)16-9-3-2-4-10-16;1-22-19-17(15-10-6-5-9-14(15)11-21)16-12-23-25-20(16)24-18(19)13-7-3-2-4-8-13;1-21-19-17(14-10-6-7-11-16(14)25-2)15-12-22-24-20(15)23-18(19)13-8-4-3-5-9-13;1-22-18-15(12-8-5-9-14(20)16(12)21)13-10-23-25-19(13)24-17(18)11-6-3-2-4-7-11;1-21-18-16(13-9-5-6-10-15(13)20)14-11-22-24-19(14)23-17(18)12-7-3-2-4-8-12/h2-14,20H,(H2,25,26,27);2-10,12,17H,(H2,23,24,25);3-12,17H,2H3,(H2,22,23,24);2-10,15H,(H2,23,24,25);2-11,16H,(H2,22,23,24). The summed E-state index contributed by atoms with van der Waals surface area (Å²) >= 11 is 20.8. The number of H-pyrrole nitrogens is 5. The Bertz CT molecular complexity index is 7220. The molecule has 0 aliphatic carbocycles. The summed E-state index contributed by atoms with van der Waals surface area (Å²) in [7, 11) is 0. The van der Waals surface area contributed by atoms with E-state index < -0.39 is 0 Å². The number of aromatic amines is 5. The highest BCUT2D eigenvalue weighted by atomic mass is 35.5. The molecule has 0 saturated carbocycles. The monoisotopic (exact) mass is 1710 g/mol. The van der Waals surface area contributed by atoms with Gasteiger partial charge in [-0.05, 0) is 96.9 Å². The van der Waals surface area contributed by atoms with Crippen molar-refractivity contribution in [2.75, 3.05) is 32.8 Å². The summed E-state index contributed by atoms with van der Waals surface area (Å²) in [5, 5.41) is 65.9. The van der Waals surface area contributed by atoms with Crippen LogP contribution in [0, 0.1) is 44.2 Å². The lowest BCUT2D eigenvalue weighted by molar-refractivity contribution is 0.936. The molecular weight excluding hydrogens is 1650 g/mol. The van der Waals surface area contributed by atoms with Crippen molar-refractivity contribution in [2.24, 2.45) is 0 Å². The van der Waals surface area contributed by atoms with Gasteiger partial charge in [-0.2, -0.15) is 30.8 Å². The Morgan fingerprint density at radius 3 is 0.952 bits per heavy atom. The lowest BCUT2D eigenvalue weighted by Gasteiger charge is -2.27. The van der Waals surface area contributed by atoms with Crippen molar-refractivity contribution in [3.8, 4) is 6.07 Å². The van der Waals surface area contributed by atoms with Crippen molar-refractivity contribution in [1.82, 2.24) is 51.0 Å². The number of halogens is 3. The van der Waals surface area contributed by atoms with Crippen LogP contribution in [0.3, 0.4) is 0 Å². The number of nitriles is 1. The molecule has 0 radical (unpaired) electrons. The highest BCUT2D eigenvalue weighted by Gasteiger charge is 2.39. The van der Waals surface area contributed by atoms with Gasteiger partial charge < -0.3 is 26.6 Å². The van der Waals surface area contributed by atoms with Gasteiger partial charge >= 0.3 is 0 Å². The number of anilines is 5. The molecule has 0 amide bonds. The summed E-state index contributed by atoms with van der Waals surface area (Å²) in [6.07, 6.45) is 10.9. The maximum atomic E-state index is 9.51. The topological polar surface area (TPSA) is 249 Å². The molecule has 10 heterocycles. The fourth-order valence-corrected chi connectivity index (χ4v) is 17.8. The first-order valence-corrected chi connectivity index (χ1v) is 42.0. The Hall–Kier alpha value is -16.4. The van der Waals surface area contributed by atoms with E-state index in [-0.39, 0.29) is 29.6 Å². The predicted octanol–water partition coefficient (Wildman–Crippen LogP) is 25.0. The number of thioether (sulfide) groups is 1. The van der Waals surface area contributed by atoms with Crippen LogP contribution in [-0.2, 0) is 0 Å². The number of benzene rings is 11. The number of hydrogen-bond donors (Lipinski definition) is 10. The van der Waals surface area contributed by atoms with Crippen molar-refractivity contribution < 1.29 is 0 Å². The van der Waals surface area contributed by atoms with Gasteiger partial charge in [0.2, 0.25) is 28.5 Å². The van der Waals surface area contributed by atoms with Crippen LogP contribution in [0.4, 0.5) is 29.1 Å². The third kappa shape index (κ3) is 16.1. The van der Waals surface area contributed by atoms with Crippen LogP contribution in [0.2, 0.25) is 15.1 Å². The average Bonchev–Trinajstić information content (AvgIpc) is 1.12. The second-order valence-corrected chi connectivity index (χ2v) is 31.2. The Morgan fingerprint density at radius 1 is 0.294 bits per heavy atom. The average molecular weight is 1720 g/mol. The highest BCUT2D eigenvalue weighted by Crippen LogP contribution is 2.52. The number of fused-ring (bicyclic) bond motifs is 6. The van der Waals surface area contributed by atoms with E-state index in [0.717, 1.165) is 146 Å². The van der Waals surface area contributed by atoms with E-state index in [1.807, 2.05) is 243 Å². The van der Waals surface area contributed by atoms with E-state index in [1.165, 1.54) is 10.3 Å². The highest BCUT2D eigenvalue weighted by molar-refractivity contribution is 7.98. The van der Waals surface area contributed by atoms with Gasteiger partial charge in [0.05, 0.1) is 115 Å². The minimum atomic E-state index is -0.339. The van der Waals surface area contributed by atoms with Crippen molar-refractivity contribution in [2.45, 2.75) is 34.5 Å². The fourth-order valence-electron chi connectivity index (χ4n) is 16.5. The Labute approximate surface area is 745 Å². The second kappa shape index (κ2) is 37.3. The molecule has 5 unspecified atom stereocenters. The van der Waals surface area contributed by atoms with Gasteiger partial charge in [-0.15, -0.1) is 11.8 Å². The van der Waals surface area contributed by atoms with Gasteiger partial charge in [0.1, 0.15) is 29.1 Å². The van der Waals surface area contributed by atoms with E-state index in [1.54, 1.807) is 42.5 Å². The van der Waals surface area contributed by atoms with E-state index in [9.17, 15) is 5.26 Å². The first-order valence-electron chi connectivity index (χ1n) is 39.7. The van der Waals surface area contributed by atoms with E-state index >= 15 is 0 Å². The van der Waals surface area contributed by atoms with Gasteiger partial charge in [-0.25, -0.2) is 24.2 Å². The predicted molar refractivity (Wildman–Crippen MR) is 501 cm³/mol. The SMILES string of the molecule is [C-]#[N+]C1=C(c2ccccc2)Nc2[nH]ncc2C1c1cccc(Cl)c1Cl.[C-]#[N+]C1=C(c2ccccc2)Nc2[nH]ncc2C1c1cccc2ccccc12.[C-]#[N+]C1=C(c2ccccc2)Nc2[nH]ncc2C1c1ccccc1C#N.[C-]#[N+]C1=C(c2ccccc2)Nc2[nH]ncc2C1c1ccccc1Cl.[C-]#[N+]C1=C(c2ccccc2)Nc2[nH]ncc2C1c1ccccc1SC. The maximum absolute atomic E-state index is 9.51. The van der Waals surface area contributed by atoms with Gasteiger partial charge in [-0.3, -0.25) is 25.5 Å². The summed E-state index contributed by atoms with van der Waals surface area (Å²) in [6.45, 7) is 39.2. The Kier molecular flexibility index (Phi) is 24.2. The lowest BCUT2D eigenvalue weighted by Crippen LogP contribution is -2.17. The van der Waals surface area contributed by atoms with Crippen molar-refractivity contribution in [3.05, 3.63) is 506 Å². The number of nitrogens with one attached hydrogen (secondary N) is 10. The van der Waals surface area contributed by atoms with Crippen LogP contribution in [0.5, 0.6) is 0 Å². The Morgan fingerprint density at radius 2 is 0.571 bits per heavy atom. The van der Waals surface area contributed by atoms with Crippen LogP contribution in [0.15, 0.2) is 349 Å². The van der Waals surface area contributed by atoms with Gasteiger partial charge in [0.15, 0.2) is 0 Å². The van der Waals surface area contributed by atoms with E-state index in [4.69, 9.17) is 67.7 Å². The normalized spacial score (nSPS) is 16.0. The largest absolute Gasteiger partial charge is 0.349 e. The van der Waals surface area contributed by atoms with Gasteiger partial charge in [0.25, 0.3) is 0 Å². The van der Waals surface area contributed by atoms with Crippen molar-refractivity contribution in [3.63, 3.8) is 0 Å². The van der Waals surface area contributed by atoms with Crippen LogP contribution in [0.25, 0.3) is 63.5 Å². The smallest absolute Gasteiger partial charge is 0.200 e. The molecular formula is C101H70Cl3N21S. The summed E-state index contributed by atoms with van der Waals surface area (Å²) in [6, 6.07) is 94.9. The number of nitrogens with zero attached hydrogens (tertiary/aromatic N) is 11. The zero-order chi connectivity index (χ0) is 86.6. The fraction of sp³-hybridized carbons (Fsp3) is 0.0594. The molecule has 5 aliphatic heterocycles. The van der Waals surface area contributed by atoms with E-state index in [2.05, 4.69) is 157 Å². The molecule has 21 nitrogen and oxygen atoms in total. The lowest BCUT2D eigenvalue weighted by atomic mass is 9.83. The minimum absolute atomic E-state index is 0.133. The van der Waals surface area contributed by atoms with E-state index in [0.29, 0.717) is 49.1 Å². The van der Waals surface area contributed by atoms with Crippen LogP contribution in [-0.4, -0.2) is 57.2 Å². The summed E-state index contributed by atoms with van der Waals surface area (Å²) in [5.41, 5.74) is 21.9. The molecule has 606 valence electrons. The summed E-state index contributed by atoms with van der Waals surface area (Å²) in [4.78, 5) is 20.6. The second-order valence-electron chi connectivity index (χ2n) is 29.2. The van der Waals surface area contributed by atoms with Gasteiger partial charge in [-0.1, -0.05) is 296 Å². The summed E-state index contributed by atoms with van der Waals surface area (Å²) in [5.74, 6) is 2.79. The third-order valence-electron chi connectivity index (χ3n) is 22.2. The van der Waals surface area contributed by atoms with Crippen LogP contribution >= 0.6 is 46.6 Å². The molecule has 5 atom stereocenters. The van der Waals surface area contributed by atoms with Crippen molar-refractivity contribution in [1.29, 1.82) is 5.26 Å². The zero-order valence-corrected chi connectivity index (χ0v) is 70.0. The van der Waals surface area contributed by atoms with Crippen LogP contribution < -0.4 is 26.6 Å². The molecule has 0 spiro atoms. The first kappa shape index (κ1) is 81.9. The number of allylic oxidation sites excluding steroid dienone is 5. The number of aromatic nitrogens is 10. The number of hydrogen-bond acceptors (Lipinski definition) is 12. The molecule has 5 aromatic heterocycles. The molecule has 5 aliphatic rings. The first-order chi connectivity index (χ1) is 62.0. The van der Waals surface area contributed by atoms with Crippen molar-refractivity contribution >= 4 is 115 Å². The molecule has 11 aromatic carbocycles. The molecule has 21 rings (SSSR count). The molecule has 16 aromatic rings. The molecule has 0 bridgehead atoms. The van der Waals surface area contributed by atoms with Gasteiger partial charge in [0, 0.05) is 66.2 Å². The molecule has 25 heteroatoms.